The van der Waals surface area contributed by atoms with Crippen LogP contribution in [0.5, 0.6) is 0 Å². The molecule has 1 unspecified atom stereocenters. The molecule has 2 heterocycles. The summed E-state index contributed by atoms with van der Waals surface area (Å²) < 4.78 is 5.23. The molecule has 1 aromatic rings. The van der Waals surface area contributed by atoms with Crippen molar-refractivity contribution in [2.75, 3.05) is 33.4 Å². The molecule has 1 aromatic carbocycles. The Morgan fingerprint density at radius 1 is 1.14 bits per heavy atom. The van der Waals surface area contributed by atoms with Gasteiger partial charge in [-0.15, -0.1) is 0 Å². The van der Waals surface area contributed by atoms with Crippen LogP contribution < -0.4 is 0 Å². The van der Waals surface area contributed by atoms with Crippen LogP contribution >= 0.6 is 0 Å². The maximum atomic E-state index is 13.2. The van der Waals surface area contributed by atoms with E-state index in [1.807, 2.05) is 18.2 Å². The molecule has 4 heteroatoms. The number of piperidine rings is 1. The van der Waals surface area contributed by atoms with Gasteiger partial charge in [-0.05, 0) is 37.8 Å². The zero-order chi connectivity index (χ0) is 15.4. The lowest BCUT2D eigenvalue weighted by Crippen LogP contribution is -2.60. The number of likely N-dealkylation sites (tertiary alicyclic amines) is 2. The topological polar surface area (TPSA) is 32.8 Å². The Bertz CT molecular complexity index is 505. The highest BCUT2D eigenvalue weighted by Gasteiger charge is 2.50. The fraction of sp³-hybridized carbons (Fsp3) is 0.611. The molecular weight excluding hydrogens is 276 g/mol. The van der Waals surface area contributed by atoms with Gasteiger partial charge in [-0.3, -0.25) is 9.69 Å². The fourth-order valence-electron chi connectivity index (χ4n) is 4.01. The van der Waals surface area contributed by atoms with Crippen LogP contribution in [0, 0.1) is 0 Å². The minimum absolute atomic E-state index is 0.258. The first-order valence-electron chi connectivity index (χ1n) is 8.33. The number of hydrogen-bond acceptors (Lipinski definition) is 3. The smallest absolute Gasteiger partial charge is 0.243 e. The standard InChI is InChI=1S/C18H26N2O2/c1-22-14-13-20-12-6-10-18(20)9-5-11-19(17(18)21)15-16-7-3-2-4-8-16/h2-4,7-8H,5-6,9-15H2,1H3. The number of nitrogens with zero attached hydrogens (tertiary/aromatic N) is 2. The van der Waals surface area contributed by atoms with Crippen molar-refractivity contribution in [1.82, 2.24) is 9.80 Å². The third-order valence-electron chi connectivity index (χ3n) is 5.11. The van der Waals surface area contributed by atoms with E-state index < -0.39 is 0 Å². The average Bonchev–Trinajstić information content (AvgIpc) is 2.94. The Kier molecular flexibility index (Phi) is 4.79. The number of carbonyl (C=O) groups excluding carboxylic acids is 1. The highest BCUT2D eigenvalue weighted by atomic mass is 16.5. The van der Waals surface area contributed by atoms with Gasteiger partial charge in [0.15, 0.2) is 0 Å². The lowest BCUT2D eigenvalue weighted by atomic mass is 9.85. The summed E-state index contributed by atoms with van der Waals surface area (Å²) in [5, 5.41) is 0. The molecule has 0 saturated carbocycles. The van der Waals surface area contributed by atoms with E-state index in [-0.39, 0.29) is 5.54 Å². The number of ether oxygens (including phenoxy) is 1. The van der Waals surface area contributed by atoms with Gasteiger partial charge in [0.25, 0.3) is 0 Å². The van der Waals surface area contributed by atoms with Crippen molar-refractivity contribution in [3.05, 3.63) is 35.9 Å². The van der Waals surface area contributed by atoms with Gasteiger partial charge in [-0.2, -0.15) is 0 Å². The molecular formula is C18H26N2O2. The quantitative estimate of drug-likeness (QED) is 0.836. The van der Waals surface area contributed by atoms with Gasteiger partial charge in [0.2, 0.25) is 5.91 Å². The van der Waals surface area contributed by atoms with Crippen LogP contribution in [-0.2, 0) is 16.1 Å². The monoisotopic (exact) mass is 302 g/mol. The minimum Gasteiger partial charge on any atom is -0.383 e. The zero-order valence-corrected chi connectivity index (χ0v) is 13.5. The molecule has 2 saturated heterocycles. The van der Waals surface area contributed by atoms with Crippen molar-refractivity contribution in [3.63, 3.8) is 0 Å². The van der Waals surface area contributed by atoms with E-state index >= 15 is 0 Å². The molecule has 0 N–H and O–H groups in total. The number of rotatable bonds is 5. The van der Waals surface area contributed by atoms with E-state index in [0.29, 0.717) is 12.5 Å². The predicted molar refractivity (Wildman–Crippen MR) is 86.5 cm³/mol. The van der Waals surface area contributed by atoms with Crippen LogP contribution in [0.15, 0.2) is 30.3 Å². The number of hydrogen-bond donors (Lipinski definition) is 0. The SMILES string of the molecule is COCCN1CCCC12CCCN(Cc1ccccc1)C2=O. The number of carbonyl (C=O) groups is 1. The van der Waals surface area contributed by atoms with Gasteiger partial charge in [0, 0.05) is 26.7 Å². The summed E-state index contributed by atoms with van der Waals surface area (Å²) in [5.41, 5.74) is 0.959. The van der Waals surface area contributed by atoms with Gasteiger partial charge >= 0.3 is 0 Å². The summed E-state index contributed by atoms with van der Waals surface area (Å²) in [6.07, 6.45) is 4.22. The maximum absolute atomic E-state index is 13.2. The summed E-state index contributed by atoms with van der Waals surface area (Å²) in [5.74, 6) is 0.330. The number of methoxy groups -OCH3 is 1. The summed E-state index contributed by atoms with van der Waals surface area (Å²) in [6, 6.07) is 10.3. The van der Waals surface area contributed by atoms with Gasteiger partial charge in [0.1, 0.15) is 5.54 Å². The van der Waals surface area contributed by atoms with Crippen molar-refractivity contribution < 1.29 is 9.53 Å². The molecule has 1 spiro atoms. The predicted octanol–water partition coefficient (Wildman–Crippen LogP) is 2.29. The second-order valence-corrected chi connectivity index (χ2v) is 6.43. The van der Waals surface area contributed by atoms with Crippen molar-refractivity contribution in [2.45, 2.75) is 37.8 Å². The van der Waals surface area contributed by atoms with Crippen LogP contribution in [0.2, 0.25) is 0 Å². The Morgan fingerprint density at radius 2 is 1.86 bits per heavy atom. The van der Waals surface area contributed by atoms with E-state index in [9.17, 15) is 4.79 Å². The van der Waals surface area contributed by atoms with E-state index in [1.165, 1.54) is 5.56 Å². The van der Waals surface area contributed by atoms with E-state index in [1.54, 1.807) is 7.11 Å². The highest BCUT2D eigenvalue weighted by molar-refractivity contribution is 5.87. The largest absolute Gasteiger partial charge is 0.383 e. The summed E-state index contributed by atoms with van der Waals surface area (Å²) in [4.78, 5) is 17.6. The molecule has 0 aliphatic carbocycles. The maximum Gasteiger partial charge on any atom is 0.243 e. The fourth-order valence-corrected chi connectivity index (χ4v) is 4.01. The van der Waals surface area contributed by atoms with Crippen LogP contribution in [0.25, 0.3) is 0 Å². The highest BCUT2D eigenvalue weighted by Crippen LogP contribution is 2.38. The van der Waals surface area contributed by atoms with E-state index in [0.717, 1.165) is 51.9 Å². The van der Waals surface area contributed by atoms with Crippen molar-refractivity contribution in [1.29, 1.82) is 0 Å². The lowest BCUT2D eigenvalue weighted by molar-refractivity contribution is -0.148. The first kappa shape index (κ1) is 15.5. The van der Waals surface area contributed by atoms with Gasteiger partial charge in [-0.25, -0.2) is 0 Å². The normalized spacial score (nSPS) is 26.0. The second kappa shape index (κ2) is 6.80. The number of benzene rings is 1. The Hall–Kier alpha value is -1.39. The van der Waals surface area contributed by atoms with Crippen molar-refractivity contribution in [2.24, 2.45) is 0 Å². The Morgan fingerprint density at radius 3 is 2.59 bits per heavy atom. The molecule has 2 aliphatic heterocycles. The summed E-state index contributed by atoms with van der Waals surface area (Å²) in [6.45, 7) is 4.20. The van der Waals surface area contributed by atoms with Crippen LogP contribution in [0.1, 0.15) is 31.2 Å². The summed E-state index contributed by atoms with van der Waals surface area (Å²) >= 11 is 0. The van der Waals surface area contributed by atoms with Gasteiger partial charge in [-0.1, -0.05) is 30.3 Å². The average molecular weight is 302 g/mol. The molecule has 120 valence electrons. The molecule has 1 amide bonds. The van der Waals surface area contributed by atoms with Crippen LogP contribution in [0.4, 0.5) is 0 Å². The molecule has 2 aliphatic rings. The molecule has 2 fully saturated rings. The van der Waals surface area contributed by atoms with Gasteiger partial charge < -0.3 is 9.64 Å². The molecule has 0 bridgehead atoms. The molecule has 22 heavy (non-hydrogen) atoms. The first-order chi connectivity index (χ1) is 10.8. The Labute approximate surface area is 133 Å². The Balaban J connectivity index is 1.74. The van der Waals surface area contributed by atoms with E-state index in [4.69, 9.17) is 4.74 Å². The van der Waals surface area contributed by atoms with E-state index in [2.05, 4.69) is 21.9 Å². The minimum atomic E-state index is -0.258. The van der Waals surface area contributed by atoms with Gasteiger partial charge in [0.05, 0.1) is 6.61 Å². The van der Waals surface area contributed by atoms with Crippen LogP contribution in [-0.4, -0.2) is 54.6 Å². The molecule has 0 radical (unpaired) electrons. The molecule has 0 aromatic heterocycles. The lowest BCUT2D eigenvalue weighted by Gasteiger charge is -2.44. The van der Waals surface area contributed by atoms with Crippen molar-refractivity contribution in [3.8, 4) is 0 Å². The summed E-state index contributed by atoms with van der Waals surface area (Å²) in [7, 11) is 1.73. The molecule has 3 rings (SSSR count). The zero-order valence-electron chi connectivity index (χ0n) is 13.5. The van der Waals surface area contributed by atoms with Crippen molar-refractivity contribution >= 4 is 5.91 Å². The van der Waals surface area contributed by atoms with Crippen LogP contribution in [0.3, 0.4) is 0 Å². The third kappa shape index (κ3) is 2.90. The second-order valence-electron chi connectivity index (χ2n) is 6.43. The number of amides is 1. The first-order valence-corrected chi connectivity index (χ1v) is 8.33. The molecule has 4 nitrogen and oxygen atoms in total. The molecule has 1 atom stereocenters. The third-order valence-corrected chi connectivity index (χ3v) is 5.11.